The predicted octanol–water partition coefficient (Wildman–Crippen LogP) is 5.26. The molecule has 0 radical (unpaired) electrons. The Balaban J connectivity index is 5.10. The Morgan fingerprint density at radius 3 is 1.81 bits per heavy atom. The van der Waals surface area contributed by atoms with Crippen LogP contribution in [0.3, 0.4) is 0 Å². The van der Waals surface area contributed by atoms with Gasteiger partial charge >= 0.3 is 0 Å². The molecule has 0 bridgehead atoms. The molecule has 0 saturated carbocycles. The summed E-state index contributed by atoms with van der Waals surface area (Å²) in [6, 6.07) is 0. The molecule has 0 saturated heterocycles. The first-order valence-corrected chi connectivity index (χ1v) is 8.82. The molecule has 21 heavy (non-hydrogen) atoms. The zero-order valence-electron chi connectivity index (χ0n) is 15.1. The molecule has 0 aliphatic heterocycles. The van der Waals surface area contributed by atoms with Crippen molar-refractivity contribution < 1.29 is 14.3 Å². The minimum atomic E-state index is -0.547. The first-order chi connectivity index (χ1) is 9.96. The van der Waals surface area contributed by atoms with Crippen molar-refractivity contribution in [3.63, 3.8) is 0 Å². The SMILES string of the molecule is CCCOC(CC)(CC)OC(CC)(CC)CC(=O)CCC. The van der Waals surface area contributed by atoms with Crippen molar-refractivity contribution >= 4 is 5.78 Å². The summed E-state index contributed by atoms with van der Waals surface area (Å²) in [4.78, 5) is 12.1. The Kier molecular flexibility index (Phi) is 10.1. The van der Waals surface area contributed by atoms with Gasteiger partial charge in [-0.05, 0) is 38.5 Å². The minimum Gasteiger partial charge on any atom is -0.350 e. The van der Waals surface area contributed by atoms with Gasteiger partial charge in [-0.25, -0.2) is 0 Å². The highest BCUT2D eigenvalue weighted by molar-refractivity contribution is 5.79. The van der Waals surface area contributed by atoms with E-state index < -0.39 is 5.79 Å². The van der Waals surface area contributed by atoms with Gasteiger partial charge in [0.05, 0.1) is 5.60 Å². The molecule has 0 heterocycles. The zero-order valence-corrected chi connectivity index (χ0v) is 15.1. The average molecular weight is 300 g/mol. The molecule has 0 aromatic carbocycles. The summed E-state index contributed by atoms with van der Waals surface area (Å²) < 4.78 is 12.5. The van der Waals surface area contributed by atoms with Gasteiger partial charge in [-0.3, -0.25) is 4.79 Å². The number of Topliss-reactive ketones (excluding diaryl/α,β-unsaturated/α-hetero) is 1. The molecule has 0 unspecified atom stereocenters. The van der Waals surface area contributed by atoms with Crippen molar-refractivity contribution in [2.24, 2.45) is 0 Å². The first-order valence-electron chi connectivity index (χ1n) is 8.82. The van der Waals surface area contributed by atoms with E-state index in [1.807, 2.05) is 6.92 Å². The van der Waals surface area contributed by atoms with E-state index in [-0.39, 0.29) is 5.60 Å². The molecule has 0 atom stereocenters. The molecule has 0 aliphatic carbocycles. The first kappa shape index (κ1) is 20.6. The summed E-state index contributed by atoms with van der Waals surface area (Å²) in [6.07, 6.45) is 6.34. The normalized spacial score (nSPS) is 12.7. The highest BCUT2D eigenvalue weighted by Crippen LogP contribution is 2.35. The second-order valence-corrected chi connectivity index (χ2v) is 5.92. The van der Waals surface area contributed by atoms with Crippen LogP contribution in [0.4, 0.5) is 0 Å². The number of hydrogen-bond donors (Lipinski definition) is 0. The number of hydrogen-bond acceptors (Lipinski definition) is 3. The Morgan fingerprint density at radius 2 is 1.43 bits per heavy atom. The van der Waals surface area contributed by atoms with E-state index in [0.29, 0.717) is 25.2 Å². The van der Waals surface area contributed by atoms with E-state index in [4.69, 9.17) is 9.47 Å². The van der Waals surface area contributed by atoms with Crippen molar-refractivity contribution in [3.8, 4) is 0 Å². The smallest absolute Gasteiger partial charge is 0.168 e. The zero-order chi connectivity index (χ0) is 16.4. The van der Waals surface area contributed by atoms with Gasteiger partial charge in [0.2, 0.25) is 0 Å². The number of ketones is 1. The minimum absolute atomic E-state index is 0.304. The van der Waals surface area contributed by atoms with Crippen LogP contribution in [0.25, 0.3) is 0 Å². The molecule has 0 fully saturated rings. The fourth-order valence-corrected chi connectivity index (χ4v) is 2.72. The van der Waals surface area contributed by atoms with Crippen LogP contribution in [-0.4, -0.2) is 23.8 Å². The largest absolute Gasteiger partial charge is 0.350 e. The molecule has 0 amide bonds. The van der Waals surface area contributed by atoms with Crippen molar-refractivity contribution in [1.29, 1.82) is 0 Å². The third kappa shape index (κ3) is 6.48. The highest BCUT2D eigenvalue weighted by atomic mass is 16.7. The molecule has 126 valence electrons. The molecule has 0 aromatic heterocycles. The van der Waals surface area contributed by atoms with Gasteiger partial charge in [0.25, 0.3) is 0 Å². The number of rotatable bonds is 13. The molecule has 0 N–H and O–H groups in total. The van der Waals surface area contributed by atoms with E-state index >= 15 is 0 Å². The molecule has 0 rings (SSSR count). The maximum absolute atomic E-state index is 12.1. The Morgan fingerprint density at radius 1 is 0.857 bits per heavy atom. The van der Waals surface area contributed by atoms with Gasteiger partial charge in [0.15, 0.2) is 5.79 Å². The van der Waals surface area contributed by atoms with Crippen molar-refractivity contribution in [3.05, 3.63) is 0 Å². The number of carbonyl (C=O) groups excluding carboxylic acids is 1. The van der Waals surface area contributed by atoms with Crippen molar-refractivity contribution in [2.45, 2.75) is 104 Å². The molecule has 0 aliphatic rings. The van der Waals surface area contributed by atoms with Crippen LogP contribution in [0.1, 0.15) is 92.9 Å². The lowest BCUT2D eigenvalue weighted by molar-refractivity contribution is -0.294. The van der Waals surface area contributed by atoms with Gasteiger partial charge in [-0.15, -0.1) is 0 Å². The fraction of sp³-hybridized carbons (Fsp3) is 0.944. The molecule has 0 aromatic rings. The van der Waals surface area contributed by atoms with E-state index in [0.717, 1.165) is 38.5 Å². The summed E-state index contributed by atoms with van der Waals surface area (Å²) >= 11 is 0. The molecule has 3 heteroatoms. The highest BCUT2D eigenvalue weighted by Gasteiger charge is 2.39. The van der Waals surface area contributed by atoms with Gasteiger partial charge in [-0.2, -0.15) is 0 Å². The van der Waals surface area contributed by atoms with Gasteiger partial charge in [0, 0.05) is 19.4 Å². The summed E-state index contributed by atoms with van der Waals surface area (Å²) in [5, 5.41) is 0. The van der Waals surface area contributed by atoms with E-state index in [1.165, 1.54) is 0 Å². The Bertz CT molecular complexity index is 278. The molecular formula is C18H36O3. The molecule has 3 nitrogen and oxygen atoms in total. The van der Waals surface area contributed by atoms with E-state index in [9.17, 15) is 4.79 Å². The number of ether oxygens (including phenoxy) is 2. The predicted molar refractivity (Wildman–Crippen MR) is 88.5 cm³/mol. The van der Waals surface area contributed by atoms with E-state index in [2.05, 4.69) is 34.6 Å². The maximum Gasteiger partial charge on any atom is 0.168 e. The monoisotopic (exact) mass is 300 g/mol. The van der Waals surface area contributed by atoms with Crippen LogP contribution in [0.5, 0.6) is 0 Å². The Hall–Kier alpha value is -0.410. The molecule has 0 spiro atoms. The fourth-order valence-electron chi connectivity index (χ4n) is 2.72. The van der Waals surface area contributed by atoms with Gasteiger partial charge in [0.1, 0.15) is 5.78 Å². The van der Waals surface area contributed by atoms with Crippen LogP contribution >= 0.6 is 0 Å². The molecular weight excluding hydrogens is 264 g/mol. The van der Waals surface area contributed by atoms with Crippen LogP contribution in [0.2, 0.25) is 0 Å². The van der Waals surface area contributed by atoms with Crippen LogP contribution in [0.15, 0.2) is 0 Å². The summed E-state index contributed by atoms with van der Waals surface area (Å²) in [6.45, 7) is 13.3. The quantitative estimate of drug-likeness (QED) is 0.435. The topological polar surface area (TPSA) is 35.5 Å². The summed E-state index contributed by atoms with van der Waals surface area (Å²) in [5.41, 5.74) is -0.383. The van der Waals surface area contributed by atoms with Gasteiger partial charge < -0.3 is 9.47 Å². The lowest BCUT2D eigenvalue weighted by Gasteiger charge is -2.42. The third-order valence-corrected chi connectivity index (χ3v) is 4.39. The summed E-state index contributed by atoms with van der Waals surface area (Å²) in [7, 11) is 0. The Labute approximate surface area is 131 Å². The van der Waals surface area contributed by atoms with Crippen molar-refractivity contribution in [2.75, 3.05) is 6.61 Å². The average Bonchev–Trinajstić information content (AvgIpc) is 2.51. The van der Waals surface area contributed by atoms with Gasteiger partial charge in [-0.1, -0.05) is 41.5 Å². The van der Waals surface area contributed by atoms with Crippen LogP contribution < -0.4 is 0 Å². The van der Waals surface area contributed by atoms with Crippen LogP contribution in [0, 0.1) is 0 Å². The van der Waals surface area contributed by atoms with E-state index in [1.54, 1.807) is 0 Å². The number of carbonyl (C=O) groups is 1. The maximum atomic E-state index is 12.1. The van der Waals surface area contributed by atoms with Crippen molar-refractivity contribution in [1.82, 2.24) is 0 Å². The second kappa shape index (κ2) is 10.3. The van der Waals surface area contributed by atoms with Crippen LogP contribution in [-0.2, 0) is 14.3 Å². The summed E-state index contributed by atoms with van der Waals surface area (Å²) in [5.74, 6) is -0.244. The lowest BCUT2D eigenvalue weighted by Crippen LogP contribution is -2.46. The second-order valence-electron chi connectivity index (χ2n) is 5.92. The standard InChI is InChI=1S/C18H36O3/c1-7-13-16(19)15-17(9-3,10-4)21-18(11-5,12-6)20-14-8-2/h7-15H2,1-6H3. The lowest BCUT2D eigenvalue weighted by atomic mass is 9.88. The third-order valence-electron chi connectivity index (χ3n) is 4.39.